The van der Waals surface area contributed by atoms with Crippen LogP contribution in [0.4, 0.5) is 0 Å². The van der Waals surface area contributed by atoms with Crippen molar-refractivity contribution in [1.29, 1.82) is 0 Å². The molecule has 0 aromatic carbocycles. The molecule has 9 atom stereocenters. The first-order valence-corrected chi connectivity index (χ1v) is 12.7. The van der Waals surface area contributed by atoms with Gasteiger partial charge < -0.3 is 18.9 Å². The van der Waals surface area contributed by atoms with Crippen LogP contribution in [0.3, 0.4) is 0 Å². The van der Waals surface area contributed by atoms with Crippen molar-refractivity contribution in [3.63, 3.8) is 0 Å². The van der Waals surface area contributed by atoms with Crippen LogP contribution in [0.1, 0.15) is 57.6 Å². The molecule has 172 valence electrons. The summed E-state index contributed by atoms with van der Waals surface area (Å²) in [6.07, 6.45) is 5.98. The minimum atomic E-state index is -0.0835. The number of hydrogen-bond acceptors (Lipinski definition) is 5. The van der Waals surface area contributed by atoms with Gasteiger partial charge in [-0.25, -0.2) is 0 Å². The van der Waals surface area contributed by atoms with Gasteiger partial charge in [-0.05, 0) is 43.6 Å². The van der Waals surface area contributed by atoms with Gasteiger partial charge >= 0.3 is 5.97 Å². The molecule has 0 amide bonds. The molecule has 6 heteroatoms. The number of carbonyl (C=O) groups excluding carboxylic acids is 1. The lowest BCUT2D eigenvalue weighted by molar-refractivity contribution is -0.146. The monoisotopic (exact) mass is 438 g/mol. The summed E-state index contributed by atoms with van der Waals surface area (Å²) in [5.74, 6) is 1.53. The van der Waals surface area contributed by atoms with Crippen LogP contribution in [-0.2, 0) is 20.8 Å². The zero-order valence-electron chi connectivity index (χ0n) is 19.2. The molecule has 7 rings (SSSR count). The Kier molecular flexibility index (Phi) is 4.00. The molecule has 2 bridgehead atoms. The summed E-state index contributed by atoms with van der Waals surface area (Å²) in [5, 5.41) is 0. The summed E-state index contributed by atoms with van der Waals surface area (Å²) < 4.78 is 14.6. The Labute approximate surface area is 189 Å². The Morgan fingerprint density at radius 1 is 1.19 bits per heavy atom. The molecule has 1 aromatic rings. The second-order valence-corrected chi connectivity index (χ2v) is 12.0. The van der Waals surface area contributed by atoms with Gasteiger partial charge in [-0.2, -0.15) is 0 Å². The SMILES string of the molecule is C[C@H]1CCC[C@]2(C)C[C@H]3OC(=O)C(CN4C[C@@H]5C[C@@H](C4)c4cccc(=O)n4C5)[C@H]3C3OC312. The first-order valence-electron chi connectivity index (χ1n) is 12.7. The fourth-order valence-corrected chi connectivity index (χ4v) is 8.87. The first kappa shape index (κ1) is 19.8. The van der Waals surface area contributed by atoms with Gasteiger partial charge in [0, 0.05) is 55.2 Å². The molecule has 6 nitrogen and oxygen atoms in total. The molecule has 1 aromatic heterocycles. The van der Waals surface area contributed by atoms with Crippen LogP contribution in [0, 0.1) is 29.1 Å². The number of hydrogen-bond donors (Lipinski definition) is 0. The molecular weight excluding hydrogens is 404 g/mol. The highest BCUT2D eigenvalue weighted by Crippen LogP contribution is 2.70. The summed E-state index contributed by atoms with van der Waals surface area (Å²) in [6.45, 7) is 8.19. The summed E-state index contributed by atoms with van der Waals surface area (Å²) in [7, 11) is 0. The largest absolute Gasteiger partial charge is 0.462 e. The van der Waals surface area contributed by atoms with Gasteiger partial charge in [0.15, 0.2) is 0 Å². The predicted octanol–water partition coefficient (Wildman–Crippen LogP) is 2.79. The molecule has 5 heterocycles. The van der Waals surface area contributed by atoms with Crippen molar-refractivity contribution in [1.82, 2.24) is 9.47 Å². The number of rotatable bonds is 2. The van der Waals surface area contributed by atoms with Crippen LogP contribution < -0.4 is 5.56 Å². The number of fused-ring (bicyclic) bond motifs is 6. The number of aromatic nitrogens is 1. The second-order valence-electron chi connectivity index (χ2n) is 12.0. The van der Waals surface area contributed by atoms with Crippen molar-refractivity contribution >= 4 is 5.97 Å². The molecule has 5 fully saturated rings. The zero-order valence-corrected chi connectivity index (χ0v) is 19.2. The fraction of sp³-hybridized carbons (Fsp3) is 0.769. The maximum Gasteiger partial charge on any atom is 0.311 e. The maximum atomic E-state index is 13.1. The highest BCUT2D eigenvalue weighted by atomic mass is 16.6. The molecule has 4 aliphatic heterocycles. The third-order valence-electron chi connectivity index (χ3n) is 10.2. The topological polar surface area (TPSA) is 64.1 Å². The van der Waals surface area contributed by atoms with Crippen molar-refractivity contribution in [2.75, 3.05) is 19.6 Å². The molecule has 32 heavy (non-hydrogen) atoms. The van der Waals surface area contributed by atoms with E-state index in [0.717, 1.165) is 39.0 Å². The molecule has 3 unspecified atom stereocenters. The van der Waals surface area contributed by atoms with E-state index in [0.29, 0.717) is 17.8 Å². The molecule has 6 aliphatic rings. The van der Waals surface area contributed by atoms with Crippen molar-refractivity contribution in [3.05, 3.63) is 34.2 Å². The van der Waals surface area contributed by atoms with Crippen LogP contribution in [0.5, 0.6) is 0 Å². The molecule has 0 N–H and O–H groups in total. The second kappa shape index (κ2) is 6.47. The van der Waals surface area contributed by atoms with Gasteiger partial charge in [0.25, 0.3) is 5.56 Å². The Morgan fingerprint density at radius 2 is 2.06 bits per heavy atom. The Hall–Kier alpha value is -1.66. The average molecular weight is 439 g/mol. The number of carbonyl (C=O) groups is 1. The number of nitrogens with zero attached hydrogens (tertiary/aromatic N) is 2. The quantitative estimate of drug-likeness (QED) is 0.525. The van der Waals surface area contributed by atoms with Crippen LogP contribution in [0.2, 0.25) is 0 Å². The third kappa shape index (κ3) is 2.48. The van der Waals surface area contributed by atoms with Gasteiger partial charge in [-0.15, -0.1) is 0 Å². The highest BCUT2D eigenvalue weighted by molar-refractivity contribution is 5.76. The zero-order chi connectivity index (χ0) is 21.8. The van der Waals surface area contributed by atoms with Crippen molar-refractivity contribution < 1.29 is 14.3 Å². The molecular formula is C26H34N2O4. The van der Waals surface area contributed by atoms with E-state index in [-0.39, 0.29) is 46.6 Å². The van der Waals surface area contributed by atoms with Gasteiger partial charge in [0.2, 0.25) is 0 Å². The minimum absolute atomic E-state index is 0.00657. The van der Waals surface area contributed by atoms with Gasteiger partial charge in [0.1, 0.15) is 11.7 Å². The molecule has 2 aliphatic carbocycles. The Bertz CT molecular complexity index is 1040. The maximum absolute atomic E-state index is 13.1. The fourth-order valence-electron chi connectivity index (χ4n) is 8.87. The van der Waals surface area contributed by atoms with E-state index in [4.69, 9.17) is 9.47 Å². The first-order chi connectivity index (χ1) is 15.4. The number of pyridine rings is 1. The van der Waals surface area contributed by atoms with E-state index in [1.54, 1.807) is 6.07 Å². The smallest absolute Gasteiger partial charge is 0.311 e. The molecule has 3 saturated heterocycles. The van der Waals surface area contributed by atoms with Gasteiger partial charge in [-0.3, -0.25) is 9.59 Å². The van der Waals surface area contributed by atoms with E-state index in [1.807, 2.05) is 10.6 Å². The van der Waals surface area contributed by atoms with Gasteiger partial charge in [-0.1, -0.05) is 26.3 Å². The highest BCUT2D eigenvalue weighted by Gasteiger charge is 2.78. The Morgan fingerprint density at radius 3 is 2.94 bits per heavy atom. The van der Waals surface area contributed by atoms with Crippen LogP contribution in [0.15, 0.2) is 23.0 Å². The predicted molar refractivity (Wildman–Crippen MR) is 118 cm³/mol. The van der Waals surface area contributed by atoms with Gasteiger partial charge in [0.05, 0.1) is 12.0 Å². The van der Waals surface area contributed by atoms with Crippen molar-refractivity contribution in [3.8, 4) is 0 Å². The van der Waals surface area contributed by atoms with Crippen molar-refractivity contribution in [2.45, 2.75) is 76.2 Å². The van der Waals surface area contributed by atoms with E-state index in [9.17, 15) is 9.59 Å². The van der Waals surface area contributed by atoms with E-state index in [1.165, 1.54) is 25.0 Å². The summed E-state index contributed by atoms with van der Waals surface area (Å²) in [6, 6.07) is 5.67. The summed E-state index contributed by atoms with van der Waals surface area (Å²) >= 11 is 0. The lowest BCUT2D eigenvalue weighted by atomic mass is 9.53. The number of esters is 1. The van der Waals surface area contributed by atoms with Crippen LogP contribution >= 0.6 is 0 Å². The normalized spacial score (nSPS) is 48.8. The van der Waals surface area contributed by atoms with E-state index >= 15 is 0 Å². The average Bonchev–Trinajstić information content (AvgIpc) is 3.43. The summed E-state index contributed by atoms with van der Waals surface area (Å²) in [4.78, 5) is 27.9. The number of likely N-dealkylation sites (tertiary alicyclic amines) is 1. The minimum Gasteiger partial charge on any atom is -0.462 e. The third-order valence-corrected chi connectivity index (χ3v) is 10.2. The van der Waals surface area contributed by atoms with E-state index in [2.05, 4.69) is 24.8 Å². The lowest BCUT2D eigenvalue weighted by Gasteiger charge is -2.49. The Balaban J connectivity index is 1.14. The van der Waals surface area contributed by atoms with Crippen molar-refractivity contribution in [2.24, 2.45) is 29.1 Å². The van der Waals surface area contributed by atoms with Crippen LogP contribution in [0.25, 0.3) is 0 Å². The summed E-state index contributed by atoms with van der Waals surface area (Å²) in [5.41, 5.74) is 1.40. The van der Waals surface area contributed by atoms with E-state index < -0.39 is 0 Å². The molecule has 0 radical (unpaired) electrons. The lowest BCUT2D eigenvalue weighted by Crippen LogP contribution is -2.55. The number of ether oxygens (including phenoxy) is 2. The van der Waals surface area contributed by atoms with Crippen LogP contribution in [-0.4, -0.2) is 52.9 Å². The molecule has 1 spiro atoms. The number of epoxide rings is 1. The molecule has 2 saturated carbocycles. The standard InChI is InChI=1S/C26H34N2O4/c1-15-5-4-8-25(2)10-20-22(23-26(15,25)32-23)18(24(30)31-20)14-27-11-16-9-17(13-27)19-6-3-7-21(29)28(19)12-16/h3,6-7,15-18,20,22-23H,4-5,8-14H2,1-2H3/t15-,16-,17-,18?,20+,22+,23?,25+,26?/m0/s1. The number of piperidine rings is 1.